The van der Waals surface area contributed by atoms with Crippen LogP contribution in [0.5, 0.6) is 11.5 Å². The van der Waals surface area contributed by atoms with E-state index in [1.54, 1.807) is 7.11 Å². The lowest BCUT2D eigenvalue weighted by molar-refractivity contribution is 0.0693. The number of aromatic hydroxyl groups is 1. The van der Waals surface area contributed by atoms with Crippen LogP contribution in [0.3, 0.4) is 0 Å². The van der Waals surface area contributed by atoms with Gasteiger partial charge in [-0.2, -0.15) is 0 Å². The second kappa shape index (κ2) is 5.39. The molecule has 2 aromatic rings. The normalized spacial score (nSPS) is 10.2. The van der Waals surface area contributed by atoms with Gasteiger partial charge in [0.2, 0.25) is 0 Å². The maximum absolute atomic E-state index is 10.9. The zero-order valence-corrected chi connectivity index (χ0v) is 10.3. The first-order chi connectivity index (χ1) is 9.10. The van der Waals surface area contributed by atoms with Gasteiger partial charge in [-0.1, -0.05) is 12.1 Å². The van der Waals surface area contributed by atoms with Crippen LogP contribution in [0.2, 0.25) is 0 Å². The lowest BCUT2D eigenvalue weighted by atomic mass is 10.1. The van der Waals surface area contributed by atoms with Crippen molar-refractivity contribution < 1.29 is 19.7 Å². The van der Waals surface area contributed by atoms with Gasteiger partial charge in [0.25, 0.3) is 0 Å². The Labute approximate surface area is 110 Å². The molecule has 1 heterocycles. The summed E-state index contributed by atoms with van der Waals surface area (Å²) in [5.41, 5.74) is 1.43. The quantitative estimate of drug-likeness (QED) is 0.878. The molecule has 0 atom stereocenters. The van der Waals surface area contributed by atoms with Crippen molar-refractivity contribution in [2.75, 3.05) is 7.11 Å². The number of aromatic nitrogens is 1. The van der Waals surface area contributed by atoms with Gasteiger partial charge >= 0.3 is 5.97 Å². The fourth-order valence-electron chi connectivity index (χ4n) is 1.71. The highest BCUT2D eigenvalue weighted by Gasteiger charge is 2.11. The molecular formula is C14H13NO4. The van der Waals surface area contributed by atoms with E-state index in [2.05, 4.69) is 4.98 Å². The summed E-state index contributed by atoms with van der Waals surface area (Å²) in [7, 11) is 1.59. The van der Waals surface area contributed by atoms with E-state index in [0.29, 0.717) is 12.1 Å². The van der Waals surface area contributed by atoms with E-state index in [1.807, 2.05) is 24.3 Å². The number of carboxylic acid groups (broad SMARTS) is 1. The summed E-state index contributed by atoms with van der Waals surface area (Å²) in [5.74, 6) is -0.740. The predicted octanol–water partition coefficient (Wildman–Crippen LogP) is 2.08. The molecule has 1 aromatic carbocycles. The van der Waals surface area contributed by atoms with E-state index in [-0.39, 0.29) is 11.3 Å². The minimum Gasteiger partial charge on any atom is -0.505 e. The van der Waals surface area contributed by atoms with Crippen molar-refractivity contribution in [2.24, 2.45) is 0 Å². The Morgan fingerprint density at radius 1 is 1.32 bits per heavy atom. The molecule has 0 fully saturated rings. The first-order valence-corrected chi connectivity index (χ1v) is 5.64. The summed E-state index contributed by atoms with van der Waals surface area (Å²) in [5, 5.41) is 18.3. The number of nitrogens with zero attached hydrogens (tertiary/aromatic N) is 1. The molecule has 0 spiro atoms. The molecular weight excluding hydrogens is 246 g/mol. The third-order valence-corrected chi connectivity index (χ3v) is 2.71. The average molecular weight is 259 g/mol. The molecule has 1 aromatic heterocycles. The fraction of sp³-hybridized carbons (Fsp3) is 0.143. The highest BCUT2D eigenvalue weighted by Crippen LogP contribution is 2.19. The molecule has 0 saturated heterocycles. The highest BCUT2D eigenvalue weighted by molar-refractivity contribution is 5.90. The lowest BCUT2D eigenvalue weighted by Gasteiger charge is -2.05. The van der Waals surface area contributed by atoms with Crippen molar-refractivity contribution in [3.8, 4) is 11.5 Å². The number of carbonyl (C=O) groups is 1. The van der Waals surface area contributed by atoms with Crippen molar-refractivity contribution >= 4 is 5.97 Å². The molecule has 98 valence electrons. The molecule has 0 aliphatic rings. The van der Waals surface area contributed by atoms with E-state index >= 15 is 0 Å². The van der Waals surface area contributed by atoms with Crippen molar-refractivity contribution in [3.63, 3.8) is 0 Å². The molecule has 2 N–H and O–H groups in total. The van der Waals surface area contributed by atoms with Crippen molar-refractivity contribution in [2.45, 2.75) is 6.42 Å². The molecule has 5 nitrogen and oxygen atoms in total. The van der Waals surface area contributed by atoms with E-state index in [9.17, 15) is 9.90 Å². The Balaban J connectivity index is 2.22. The number of hydrogen-bond donors (Lipinski definition) is 2. The minimum absolute atomic E-state index is 0.140. The van der Waals surface area contributed by atoms with Gasteiger partial charge in [-0.3, -0.25) is 4.98 Å². The Hall–Kier alpha value is -2.56. The Morgan fingerprint density at radius 3 is 2.58 bits per heavy atom. The van der Waals surface area contributed by atoms with Crippen LogP contribution in [0.1, 0.15) is 21.6 Å². The van der Waals surface area contributed by atoms with Gasteiger partial charge in [-0.25, -0.2) is 4.79 Å². The van der Waals surface area contributed by atoms with Crippen LogP contribution in [0, 0.1) is 0 Å². The SMILES string of the molecule is COc1ccc(Cc2cc(C(=O)O)c(O)cn2)cc1. The third-order valence-electron chi connectivity index (χ3n) is 2.71. The largest absolute Gasteiger partial charge is 0.505 e. The second-order valence-corrected chi connectivity index (χ2v) is 4.02. The molecule has 5 heteroatoms. The van der Waals surface area contributed by atoms with Gasteiger partial charge < -0.3 is 14.9 Å². The van der Waals surface area contributed by atoms with E-state index < -0.39 is 5.97 Å². The van der Waals surface area contributed by atoms with Crippen molar-refractivity contribution in [1.29, 1.82) is 0 Å². The number of aromatic carboxylic acids is 1. The summed E-state index contributed by atoms with van der Waals surface area (Å²) in [6.45, 7) is 0. The van der Waals surface area contributed by atoms with Crippen LogP contribution in [-0.2, 0) is 6.42 Å². The van der Waals surface area contributed by atoms with E-state index in [1.165, 1.54) is 6.07 Å². The van der Waals surface area contributed by atoms with Crippen LogP contribution in [0.15, 0.2) is 36.5 Å². The lowest BCUT2D eigenvalue weighted by Crippen LogP contribution is -2.01. The number of methoxy groups -OCH3 is 1. The number of benzene rings is 1. The summed E-state index contributed by atoms with van der Waals surface area (Å²) < 4.78 is 5.06. The topological polar surface area (TPSA) is 79.7 Å². The van der Waals surface area contributed by atoms with Crippen LogP contribution < -0.4 is 4.74 Å². The second-order valence-electron chi connectivity index (χ2n) is 4.02. The minimum atomic E-state index is -1.17. The summed E-state index contributed by atoms with van der Waals surface area (Å²) in [4.78, 5) is 14.9. The van der Waals surface area contributed by atoms with E-state index in [4.69, 9.17) is 9.84 Å². The molecule has 0 radical (unpaired) electrons. The van der Waals surface area contributed by atoms with Crippen LogP contribution in [-0.4, -0.2) is 28.3 Å². The highest BCUT2D eigenvalue weighted by atomic mass is 16.5. The average Bonchev–Trinajstić information content (AvgIpc) is 2.41. The number of pyridine rings is 1. The molecule has 0 aliphatic carbocycles. The smallest absolute Gasteiger partial charge is 0.339 e. The standard InChI is InChI=1S/C14H13NO4/c1-19-11-4-2-9(3-5-11)6-10-7-12(14(17)18)13(16)8-15-10/h2-5,7-8,16H,6H2,1H3,(H,17,18). The fourth-order valence-corrected chi connectivity index (χ4v) is 1.71. The number of carboxylic acids is 1. The third kappa shape index (κ3) is 3.01. The molecule has 0 saturated carbocycles. The maximum Gasteiger partial charge on any atom is 0.339 e. The van der Waals surface area contributed by atoms with E-state index in [0.717, 1.165) is 17.5 Å². The molecule has 0 aliphatic heterocycles. The van der Waals surface area contributed by atoms with Gasteiger partial charge in [0, 0.05) is 12.1 Å². The van der Waals surface area contributed by atoms with Crippen molar-refractivity contribution in [3.05, 3.63) is 53.3 Å². The van der Waals surface area contributed by atoms with Gasteiger partial charge in [0.1, 0.15) is 17.1 Å². The Bertz CT molecular complexity index is 593. The monoisotopic (exact) mass is 259 g/mol. The zero-order valence-electron chi connectivity index (χ0n) is 10.3. The van der Waals surface area contributed by atoms with Gasteiger partial charge in [-0.15, -0.1) is 0 Å². The summed E-state index contributed by atoms with van der Waals surface area (Å²) >= 11 is 0. The summed E-state index contributed by atoms with van der Waals surface area (Å²) in [6, 6.07) is 8.80. The number of hydrogen-bond acceptors (Lipinski definition) is 4. The van der Waals surface area contributed by atoms with Crippen LogP contribution in [0.25, 0.3) is 0 Å². The predicted molar refractivity (Wildman–Crippen MR) is 68.7 cm³/mol. The summed E-state index contributed by atoms with van der Waals surface area (Å²) in [6.07, 6.45) is 1.65. The van der Waals surface area contributed by atoms with Gasteiger partial charge in [0.15, 0.2) is 0 Å². The van der Waals surface area contributed by atoms with Gasteiger partial charge in [0.05, 0.1) is 13.3 Å². The van der Waals surface area contributed by atoms with Crippen molar-refractivity contribution in [1.82, 2.24) is 4.98 Å². The molecule has 0 amide bonds. The first-order valence-electron chi connectivity index (χ1n) is 5.64. The van der Waals surface area contributed by atoms with Crippen LogP contribution >= 0.6 is 0 Å². The zero-order chi connectivity index (χ0) is 13.8. The van der Waals surface area contributed by atoms with Crippen LogP contribution in [0.4, 0.5) is 0 Å². The maximum atomic E-state index is 10.9. The molecule has 0 bridgehead atoms. The first kappa shape index (κ1) is 12.9. The molecule has 2 rings (SSSR count). The number of rotatable bonds is 4. The molecule has 19 heavy (non-hydrogen) atoms. The Kier molecular flexibility index (Phi) is 3.66. The molecule has 0 unspecified atom stereocenters. The number of ether oxygens (including phenoxy) is 1. The van der Waals surface area contributed by atoms with Gasteiger partial charge in [-0.05, 0) is 23.8 Å². The Morgan fingerprint density at radius 2 is 2.00 bits per heavy atom.